The fraction of sp³-hybridized carbons (Fsp3) is 0.442. The summed E-state index contributed by atoms with van der Waals surface area (Å²) >= 11 is 0. The molecule has 0 rings (SSSR count). The number of esters is 1. The number of aliphatic carboxylic acids is 1. The van der Waals surface area contributed by atoms with Crippen molar-refractivity contribution in [3.8, 4) is 0 Å². The maximum Gasteiger partial charge on any atom is 0.472 e. The van der Waals surface area contributed by atoms with Gasteiger partial charge in [-0.25, -0.2) is 9.36 Å². The van der Waals surface area contributed by atoms with Gasteiger partial charge >= 0.3 is 19.8 Å². The maximum absolute atomic E-state index is 12.3. The number of phosphoric acid groups is 1. The average molecular weight is 906 g/mol. The largest absolute Gasteiger partial charge is 0.480 e. The molecule has 0 aromatic carbocycles. The number of carbonyl (C=O) groups excluding carboxylic acids is 2. The quantitative estimate of drug-likeness (QED) is 0.0265. The molecule has 3 atom stereocenters. The van der Waals surface area contributed by atoms with Crippen LogP contribution >= 0.6 is 7.82 Å². The third-order valence-corrected chi connectivity index (χ3v) is 9.31. The number of rotatable bonds is 39. The molecule has 0 aliphatic rings. The zero-order valence-electron chi connectivity index (χ0n) is 38.2. The summed E-state index contributed by atoms with van der Waals surface area (Å²) < 4.78 is 26.7. The van der Waals surface area contributed by atoms with E-state index in [-0.39, 0.29) is 12.8 Å². The second-order valence-corrected chi connectivity index (χ2v) is 15.6. The number of amides is 1. The summed E-state index contributed by atoms with van der Waals surface area (Å²) in [5.41, 5.74) is 0. The van der Waals surface area contributed by atoms with Gasteiger partial charge in [-0.15, -0.1) is 0 Å². The van der Waals surface area contributed by atoms with Crippen LogP contribution in [0, 0.1) is 0 Å². The minimum absolute atomic E-state index is 0.00339. The molecule has 64 heavy (non-hydrogen) atoms. The van der Waals surface area contributed by atoms with E-state index >= 15 is 0 Å². The first-order valence-electron chi connectivity index (χ1n) is 22.5. The van der Waals surface area contributed by atoms with E-state index in [4.69, 9.17) is 13.8 Å². The second-order valence-electron chi connectivity index (χ2n) is 14.1. The average Bonchev–Trinajstić information content (AvgIpc) is 3.27. The fourth-order valence-electron chi connectivity index (χ4n) is 4.95. The summed E-state index contributed by atoms with van der Waals surface area (Å²) in [5, 5.41) is 21.8. The Balaban J connectivity index is 4.14. The van der Waals surface area contributed by atoms with Crippen LogP contribution in [0.4, 0.5) is 0 Å². The highest BCUT2D eigenvalue weighted by molar-refractivity contribution is 7.47. The van der Waals surface area contributed by atoms with Gasteiger partial charge in [0.1, 0.15) is 12.7 Å². The zero-order chi connectivity index (χ0) is 47.0. The number of aliphatic hydroxyl groups excluding tert-OH is 1. The molecule has 0 aliphatic heterocycles. The number of ether oxygens (including phenoxy) is 1. The highest BCUT2D eigenvalue weighted by Crippen LogP contribution is 2.43. The lowest BCUT2D eigenvalue weighted by atomic mass is 10.2. The zero-order valence-corrected chi connectivity index (χ0v) is 39.1. The molecule has 0 aromatic heterocycles. The molecule has 0 saturated heterocycles. The van der Waals surface area contributed by atoms with Crippen molar-refractivity contribution in [2.45, 2.75) is 129 Å². The topological polar surface area (TPSA) is 169 Å². The van der Waals surface area contributed by atoms with Crippen LogP contribution in [0.2, 0.25) is 0 Å². The standard InChI is InChI=1S/C52H76NO10P/c1-3-5-7-9-11-13-15-17-19-21-23-24-26-28-30-32-34-36-38-40-42-44-51(56)61-45-48(54)46-62-64(59,60)63-47-49(52(57)58)53-50(55)43-41-39-37-35-33-31-29-27-25-22-20-18-16-14-12-10-8-6-4-2/h5-8,11-14,17-20,23-25,27-28,30-31,33-34,36-37,39-40,42,48-49,54H,3-4,9-10,15-16,21-22,26,29,32,35,38,41,43-47H2,1-2H3,(H,53,55)(H,57,58)(H,59,60)/b7-5-,8-6-,13-11-,14-12-,19-17-,20-18-,24-23-,27-25-,30-28-,33-31-,36-34-,39-37-,42-40-. The molecular weight excluding hydrogens is 830 g/mol. The molecule has 4 N–H and O–H groups in total. The van der Waals surface area contributed by atoms with Crippen molar-refractivity contribution in [2.24, 2.45) is 0 Å². The van der Waals surface area contributed by atoms with Gasteiger partial charge in [0.15, 0.2) is 6.04 Å². The lowest BCUT2D eigenvalue weighted by Crippen LogP contribution is -2.43. The summed E-state index contributed by atoms with van der Waals surface area (Å²) in [6.45, 7) is 2.18. The van der Waals surface area contributed by atoms with Crippen LogP contribution in [0.5, 0.6) is 0 Å². The Morgan fingerprint density at radius 3 is 1.19 bits per heavy atom. The molecule has 0 aromatic rings. The van der Waals surface area contributed by atoms with E-state index < -0.39 is 57.6 Å². The third kappa shape index (κ3) is 43.7. The molecule has 0 fully saturated rings. The van der Waals surface area contributed by atoms with E-state index in [9.17, 15) is 34.1 Å². The van der Waals surface area contributed by atoms with Crippen molar-refractivity contribution in [1.82, 2.24) is 5.32 Å². The first-order chi connectivity index (χ1) is 31.1. The molecule has 0 spiro atoms. The van der Waals surface area contributed by atoms with E-state index in [2.05, 4.69) is 135 Å². The summed E-state index contributed by atoms with van der Waals surface area (Å²) in [7, 11) is -4.81. The number of hydrogen-bond acceptors (Lipinski definition) is 8. The number of aliphatic hydroxyl groups is 1. The Labute approximate surface area is 384 Å². The van der Waals surface area contributed by atoms with Gasteiger partial charge in [-0.1, -0.05) is 172 Å². The second kappa shape index (κ2) is 44.7. The van der Waals surface area contributed by atoms with E-state index in [1.165, 1.54) is 0 Å². The molecule has 354 valence electrons. The van der Waals surface area contributed by atoms with Gasteiger partial charge in [-0.2, -0.15) is 0 Å². The number of phosphoric ester groups is 1. The number of carboxylic acid groups (broad SMARTS) is 1. The van der Waals surface area contributed by atoms with Gasteiger partial charge in [0, 0.05) is 6.42 Å². The molecule has 3 unspecified atom stereocenters. The van der Waals surface area contributed by atoms with Gasteiger partial charge < -0.3 is 25.2 Å². The van der Waals surface area contributed by atoms with Crippen LogP contribution in [-0.2, 0) is 32.7 Å². The van der Waals surface area contributed by atoms with Crippen molar-refractivity contribution in [2.75, 3.05) is 19.8 Å². The number of hydrogen-bond donors (Lipinski definition) is 4. The smallest absolute Gasteiger partial charge is 0.472 e. The van der Waals surface area contributed by atoms with E-state index in [1.54, 1.807) is 6.08 Å². The van der Waals surface area contributed by atoms with E-state index in [0.29, 0.717) is 19.3 Å². The van der Waals surface area contributed by atoms with Gasteiger partial charge in [0.05, 0.1) is 19.6 Å². The highest BCUT2D eigenvalue weighted by atomic mass is 31.2. The SMILES string of the molecule is CC/C=C\C/C=C\C/C=C\C/C=C\C/C=C\C/C=C\C/C=C\CC(=O)OCC(O)COP(=O)(O)OCC(NC(=O)CC/C=C\C/C=C\C/C=C\C/C=C\C/C=C\C/C=C\CC)C(=O)O. The van der Waals surface area contributed by atoms with Crippen LogP contribution in [0.3, 0.4) is 0 Å². The lowest BCUT2D eigenvalue weighted by Gasteiger charge is -2.18. The molecule has 12 heteroatoms. The Kier molecular flexibility index (Phi) is 41.3. The minimum atomic E-state index is -4.81. The number of carboxylic acids is 1. The molecule has 0 heterocycles. The van der Waals surface area contributed by atoms with Crippen molar-refractivity contribution < 1.29 is 47.8 Å². The predicted molar refractivity (Wildman–Crippen MR) is 262 cm³/mol. The molecule has 0 aliphatic carbocycles. The third-order valence-electron chi connectivity index (χ3n) is 8.36. The molecule has 0 radical (unpaired) electrons. The summed E-state index contributed by atoms with van der Waals surface area (Å²) in [5.74, 6) is -2.66. The summed E-state index contributed by atoms with van der Waals surface area (Å²) in [6, 6.07) is -1.61. The van der Waals surface area contributed by atoms with Crippen LogP contribution < -0.4 is 5.32 Å². The summed E-state index contributed by atoms with van der Waals surface area (Å²) in [6.07, 6.45) is 64.5. The molecule has 0 bridgehead atoms. The Morgan fingerprint density at radius 2 is 0.828 bits per heavy atom. The Bertz CT molecular complexity index is 1680. The molecule has 1 amide bonds. The number of carbonyl (C=O) groups is 3. The predicted octanol–water partition coefficient (Wildman–Crippen LogP) is 12.1. The minimum Gasteiger partial charge on any atom is -0.480 e. The number of nitrogens with one attached hydrogen (secondary N) is 1. The summed E-state index contributed by atoms with van der Waals surface area (Å²) in [4.78, 5) is 45.9. The van der Waals surface area contributed by atoms with Crippen molar-refractivity contribution in [1.29, 1.82) is 0 Å². The van der Waals surface area contributed by atoms with Crippen LogP contribution in [0.15, 0.2) is 158 Å². The molecular formula is C52H76NO10P. The Morgan fingerprint density at radius 1 is 0.500 bits per heavy atom. The van der Waals surface area contributed by atoms with Gasteiger partial charge in [-0.05, 0) is 89.9 Å². The van der Waals surface area contributed by atoms with Gasteiger partial charge in [-0.3, -0.25) is 18.6 Å². The Hall–Kier alpha value is -4.90. The first kappa shape index (κ1) is 59.1. The fourth-order valence-corrected chi connectivity index (χ4v) is 5.72. The highest BCUT2D eigenvalue weighted by Gasteiger charge is 2.28. The van der Waals surface area contributed by atoms with Crippen molar-refractivity contribution in [3.05, 3.63) is 158 Å². The van der Waals surface area contributed by atoms with Crippen LogP contribution in [-0.4, -0.2) is 64.9 Å². The first-order valence-corrected chi connectivity index (χ1v) is 24.0. The molecule has 11 nitrogen and oxygen atoms in total. The van der Waals surface area contributed by atoms with Gasteiger partial charge in [0.2, 0.25) is 5.91 Å². The monoisotopic (exact) mass is 906 g/mol. The lowest BCUT2D eigenvalue weighted by molar-refractivity contribution is -0.146. The normalized spacial score (nSPS) is 15.1. The van der Waals surface area contributed by atoms with Crippen molar-refractivity contribution in [3.63, 3.8) is 0 Å². The number of allylic oxidation sites excluding steroid dienone is 25. The van der Waals surface area contributed by atoms with Crippen LogP contribution in [0.25, 0.3) is 0 Å². The van der Waals surface area contributed by atoms with Crippen LogP contribution in [0.1, 0.15) is 117 Å². The van der Waals surface area contributed by atoms with E-state index in [0.717, 1.165) is 70.6 Å². The van der Waals surface area contributed by atoms with E-state index in [1.807, 2.05) is 36.5 Å². The maximum atomic E-state index is 12.3. The van der Waals surface area contributed by atoms with Crippen molar-refractivity contribution >= 4 is 25.7 Å². The molecule has 0 saturated carbocycles. The van der Waals surface area contributed by atoms with Gasteiger partial charge in [0.25, 0.3) is 0 Å².